The molecule has 2 aromatic rings. The number of carbonyl (C=O) groups excluding carboxylic acids is 1. The Labute approximate surface area is 127 Å². The fourth-order valence-electron chi connectivity index (χ4n) is 1.75. The Bertz CT molecular complexity index is 602. The zero-order valence-electron chi connectivity index (χ0n) is 11.9. The predicted molar refractivity (Wildman–Crippen MR) is 79.7 cm³/mol. The number of carbonyl (C=O) groups is 1. The first-order valence-electron chi connectivity index (χ1n) is 6.57. The summed E-state index contributed by atoms with van der Waals surface area (Å²) in [6, 6.07) is 7.50. The lowest BCUT2D eigenvalue weighted by atomic mass is 10.3. The minimum Gasteiger partial charge on any atom is -0.494 e. The number of tetrazole rings is 1. The number of methoxy groups -OCH3 is 1. The van der Waals surface area contributed by atoms with Gasteiger partial charge in [-0.1, -0.05) is 23.9 Å². The molecular formula is C13H17N5O2S. The molecule has 0 bridgehead atoms. The fraction of sp³-hybridized carbons (Fsp3) is 0.385. The summed E-state index contributed by atoms with van der Waals surface area (Å²) in [5.74, 6) is 1.33. The van der Waals surface area contributed by atoms with Crippen LogP contribution in [-0.4, -0.2) is 45.5 Å². The van der Waals surface area contributed by atoms with Gasteiger partial charge in [-0.3, -0.25) is 4.79 Å². The lowest BCUT2D eigenvalue weighted by Crippen LogP contribution is -2.22. The first-order valence-corrected chi connectivity index (χ1v) is 7.56. The molecule has 1 heterocycles. The summed E-state index contributed by atoms with van der Waals surface area (Å²) in [4.78, 5) is 11.4. The Morgan fingerprint density at radius 1 is 1.43 bits per heavy atom. The van der Waals surface area contributed by atoms with Gasteiger partial charge < -0.3 is 10.1 Å². The van der Waals surface area contributed by atoms with Crippen LogP contribution in [0.5, 0.6) is 5.75 Å². The van der Waals surface area contributed by atoms with Gasteiger partial charge in [0.25, 0.3) is 0 Å². The highest BCUT2D eigenvalue weighted by Gasteiger charge is 2.13. The van der Waals surface area contributed by atoms with Crippen molar-refractivity contribution in [3.05, 3.63) is 24.3 Å². The topological polar surface area (TPSA) is 81.9 Å². The van der Waals surface area contributed by atoms with E-state index in [1.807, 2.05) is 31.2 Å². The zero-order valence-corrected chi connectivity index (χ0v) is 12.8. The lowest BCUT2D eigenvalue weighted by Gasteiger charge is -2.08. The molecule has 0 spiro atoms. The second-order valence-corrected chi connectivity index (χ2v) is 5.16. The molecule has 8 heteroatoms. The van der Waals surface area contributed by atoms with Crippen LogP contribution in [0.4, 0.5) is 0 Å². The van der Waals surface area contributed by atoms with Gasteiger partial charge >= 0.3 is 0 Å². The number of rotatable bonds is 7. The molecule has 21 heavy (non-hydrogen) atoms. The van der Waals surface area contributed by atoms with Crippen LogP contribution in [0.2, 0.25) is 0 Å². The van der Waals surface area contributed by atoms with Crippen molar-refractivity contribution in [3.63, 3.8) is 0 Å². The third-order valence-corrected chi connectivity index (χ3v) is 3.61. The third-order valence-electron chi connectivity index (χ3n) is 2.69. The van der Waals surface area contributed by atoms with E-state index in [1.165, 1.54) is 11.8 Å². The van der Waals surface area contributed by atoms with Gasteiger partial charge in [0, 0.05) is 18.7 Å². The molecule has 1 aromatic carbocycles. The normalized spacial score (nSPS) is 10.4. The van der Waals surface area contributed by atoms with Crippen LogP contribution in [-0.2, 0) is 4.79 Å². The minimum atomic E-state index is 0.0290. The van der Waals surface area contributed by atoms with Crippen LogP contribution >= 0.6 is 11.8 Å². The largest absolute Gasteiger partial charge is 0.494 e. The molecule has 0 atom stereocenters. The second kappa shape index (κ2) is 7.63. The Balaban J connectivity index is 2.07. The molecular weight excluding hydrogens is 290 g/mol. The van der Waals surface area contributed by atoms with Crippen molar-refractivity contribution in [2.24, 2.45) is 0 Å². The molecule has 1 N–H and O–H groups in total. The quantitative estimate of drug-likeness (QED) is 0.776. The van der Waals surface area contributed by atoms with Gasteiger partial charge in [-0.25, -0.2) is 0 Å². The number of hydrogen-bond donors (Lipinski definition) is 1. The number of benzene rings is 1. The Kier molecular flexibility index (Phi) is 5.56. The van der Waals surface area contributed by atoms with E-state index >= 15 is 0 Å². The van der Waals surface area contributed by atoms with E-state index in [-0.39, 0.29) is 5.91 Å². The van der Waals surface area contributed by atoms with Crippen molar-refractivity contribution >= 4 is 17.7 Å². The predicted octanol–water partition coefficient (Wildman–Crippen LogP) is 1.29. The maximum atomic E-state index is 11.4. The number of amides is 1. The summed E-state index contributed by atoms with van der Waals surface area (Å²) >= 11 is 1.43. The van der Waals surface area contributed by atoms with Crippen molar-refractivity contribution in [1.82, 2.24) is 25.5 Å². The van der Waals surface area contributed by atoms with Gasteiger partial charge in [-0.05, 0) is 29.5 Å². The number of ether oxygens (including phenoxy) is 1. The second-order valence-electron chi connectivity index (χ2n) is 4.10. The molecule has 0 saturated carbocycles. The molecule has 0 aliphatic heterocycles. The zero-order chi connectivity index (χ0) is 15.1. The molecule has 0 radical (unpaired) electrons. The van der Waals surface area contributed by atoms with Crippen LogP contribution in [0.3, 0.4) is 0 Å². The minimum absolute atomic E-state index is 0.0290. The molecule has 0 saturated heterocycles. The summed E-state index contributed by atoms with van der Waals surface area (Å²) in [6.45, 7) is 2.54. The van der Waals surface area contributed by atoms with E-state index < -0.39 is 0 Å². The van der Waals surface area contributed by atoms with Gasteiger partial charge in [-0.2, -0.15) is 4.68 Å². The number of aromatic nitrogens is 4. The molecule has 7 nitrogen and oxygen atoms in total. The molecule has 1 aromatic heterocycles. The Hall–Kier alpha value is -2.09. The van der Waals surface area contributed by atoms with Crippen molar-refractivity contribution in [2.45, 2.75) is 18.5 Å². The number of nitrogens with one attached hydrogen (secondary N) is 1. The summed E-state index contributed by atoms with van der Waals surface area (Å²) in [5, 5.41) is 15.1. The van der Waals surface area contributed by atoms with Gasteiger partial charge in [0.05, 0.1) is 7.11 Å². The average Bonchev–Trinajstić information content (AvgIpc) is 2.95. The van der Waals surface area contributed by atoms with E-state index in [1.54, 1.807) is 11.8 Å². The fourth-order valence-corrected chi connectivity index (χ4v) is 2.57. The first-order chi connectivity index (χ1) is 10.3. The number of nitrogens with zero attached hydrogens (tertiary/aromatic N) is 4. The standard InChI is InChI=1S/C13H17N5O2S/c1-3-14-12(19)8-9-21-13-15-16-17-18(13)10-6-4-5-7-11(10)20-2/h4-7H,3,8-9H2,1-2H3,(H,14,19). The summed E-state index contributed by atoms with van der Waals surface area (Å²) < 4.78 is 6.92. The molecule has 0 fully saturated rings. The van der Waals surface area contributed by atoms with Gasteiger partial charge in [0.2, 0.25) is 11.1 Å². The molecule has 0 aliphatic carbocycles. The number of thioether (sulfide) groups is 1. The number of para-hydroxylation sites is 2. The Morgan fingerprint density at radius 2 is 2.24 bits per heavy atom. The van der Waals surface area contributed by atoms with Crippen LogP contribution in [0.15, 0.2) is 29.4 Å². The highest BCUT2D eigenvalue weighted by atomic mass is 32.2. The van der Waals surface area contributed by atoms with Crippen LogP contribution in [0.1, 0.15) is 13.3 Å². The lowest BCUT2D eigenvalue weighted by molar-refractivity contribution is -0.120. The summed E-state index contributed by atoms with van der Waals surface area (Å²) in [7, 11) is 1.60. The van der Waals surface area contributed by atoms with Gasteiger partial charge in [0.1, 0.15) is 11.4 Å². The van der Waals surface area contributed by atoms with Crippen molar-refractivity contribution in [2.75, 3.05) is 19.4 Å². The number of hydrogen-bond acceptors (Lipinski definition) is 6. The van der Waals surface area contributed by atoms with E-state index in [9.17, 15) is 4.79 Å². The highest BCUT2D eigenvalue weighted by molar-refractivity contribution is 7.99. The highest BCUT2D eigenvalue weighted by Crippen LogP contribution is 2.25. The smallest absolute Gasteiger partial charge is 0.220 e. The first kappa shape index (κ1) is 15.3. The molecule has 2 rings (SSSR count). The van der Waals surface area contributed by atoms with E-state index in [0.717, 1.165) is 5.69 Å². The molecule has 112 valence electrons. The van der Waals surface area contributed by atoms with Gasteiger partial charge in [0.15, 0.2) is 0 Å². The van der Waals surface area contributed by atoms with Crippen molar-refractivity contribution in [1.29, 1.82) is 0 Å². The Morgan fingerprint density at radius 3 is 3.00 bits per heavy atom. The summed E-state index contributed by atoms with van der Waals surface area (Å²) in [6.07, 6.45) is 0.428. The monoisotopic (exact) mass is 307 g/mol. The summed E-state index contributed by atoms with van der Waals surface area (Å²) in [5.41, 5.74) is 0.769. The van der Waals surface area contributed by atoms with Crippen LogP contribution in [0.25, 0.3) is 5.69 Å². The van der Waals surface area contributed by atoms with Crippen molar-refractivity contribution in [3.8, 4) is 11.4 Å². The molecule has 0 aliphatic rings. The molecule has 0 unspecified atom stereocenters. The maximum absolute atomic E-state index is 11.4. The average molecular weight is 307 g/mol. The SMILES string of the molecule is CCNC(=O)CCSc1nnnn1-c1ccccc1OC. The van der Waals surface area contributed by atoms with E-state index in [2.05, 4.69) is 20.8 Å². The van der Waals surface area contributed by atoms with Crippen LogP contribution < -0.4 is 10.1 Å². The third kappa shape index (κ3) is 3.94. The van der Waals surface area contributed by atoms with E-state index in [4.69, 9.17) is 4.74 Å². The van der Waals surface area contributed by atoms with Crippen LogP contribution in [0, 0.1) is 0 Å². The maximum Gasteiger partial charge on any atom is 0.220 e. The van der Waals surface area contributed by atoms with Crippen molar-refractivity contribution < 1.29 is 9.53 Å². The molecule has 1 amide bonds. The van der Waals surface area contributed by atoms with E-state index in [0.29, 0.717) is 29.6 Å². The van der Waals surface area contributed by atoms with Gasteiger partial charge in [-0.15, -0.1) is 5.10 Å².